The lowest BCUT2D eigenvalue weighted by atomic mass is 10.2. The van der Waals surface area contributed by atoms with Gasteiger partial charge in [0.1, 0.15) is 5.02 Å². The molecule has 0 saturated heterocycles. The van der Waals surface area contributed by atoms with Crippen LogP contribution in [0.2, 0.25) is 5.02 Å². The Morgan fingerprint density at radius 2 is 1.83 bits per heavy atom. The lowest BCUT2D eigenvalue weighted by molar-refractivity contribution is -0.481. The molecule has 0 atom stereocenters. The second-order valence-corrected chi connectivity index (χ2v) is 4.55. The topological polar surface area (TPSA) is 4.10 Å². The minimum Gasteiger partial charge on any atom is -0.159 e. The van der Waals surface area contributed by atoms with E-state index in [-0.39, 0.29) is 0 Å². The summed E-state index contributed by atoms with van der Waals surface area (Å²) in [5, 5.41) is 1.81. The van der Waals surface area contributed by atoms with Gasteiger partial charge in [0, 0.05) is 29.5 Å². The van der Waals surface area contributed by atoms with E-state index in [2.05, 4.69) is 28.6 Å². The fourth-order valence-corrected chi connectivity index (χ4v) is 2.54. The summed E-state index contributed by atoms with van der Waals surface area (Å²) >= 11 is 15.4. The van der Waals surface area contributed by atoms with Crippen LogP contribution >= 0.6 is 35.8 Å². The molecule has 0 aliphatic rings. The summed E-state index contributed by atoms with van der Waals surface area (Å²) in [6.45, 7) is 0. The fraction of sp³-hybridized carbons (Fsp3) is 0.0714. The van der Waals surface area contributed by atoms with E-state index in [0.717, 1.165) is 26.3 Å². The SMILES string of the molecule is CCl.Sc1cc2cccc[n+]2c2c(Cl)cccc12. The highest BCUT2D eigenvalue weighted by molar-refractivity contribution is 7.80. The normalized spacial score (nSPS) is 10.2. The maximum Gasteiger partial charge on any atom is 0.238 e. The van der Waals surface area contributed by atoms with Crippen LogP contribution in [0.5, 0.6) is 0 Å². The van der Waals surface area contributed by atoms with Gasteiger partial charge in [-0.1, -0.05) is 17.7 Å². The van der Waals surface area contributed by atoms with E-state index in [1.807, 2.05) is 48.7 Å². The van der Waals surface area contributed by atoms with Crippen LogP contribution in [0.15, 0.2) is 53.6 Å². The van der Waals surface area contributed by atoms with Crippen molar-refractivity contribution in [1.29, 1.82) is 0 Å². The minimum atomic E-state index is 0.745. The van der Waals surface area contributed by atoms with Crippen LogP contribution in [0.3, 0.4) is 0 Å². The molecule has 0 radical (unpaired) electrons. The lowest BCUT2D eigenvalue weighted by Gasteiger charge is -2.01. The molecule has 1 aromatic carbocycles. The van der Waals surface area contributed by atoms with Gasteiger partial charge in [0.25, 0.3) is 0 Å². The summed E-state index contributed by atoms with van der Waals surface area (Å²) in [6.07, 6.45) is 3.48. The predicted octanol–water partition coefficient (Wildman–Crippen LogP) is 4.38. The molecule has 0 aliphatic heterocycles. The van der Waals surface area contributed by atoms with Gasteiger partial charge >= 0.3 is 0 Å². The number of para-hydroxylation sites is 1. The highest BCUT2D eigenvalue weighted by Gasteiger charge is 2.14. The maximum atomic E-state index is 6.25. The van der Waals surface area contributed by atoms with E-state index in [0.29, 0.717) is 0 Å². The summed E-state index contributed by atoms with van der Waals surface area (Å²) in [6, 6.07) is 14.0. The molecule has 0 fully saturated rings. The van der Waals surface area contributed by atoms with Crippen molar-refractivity contribution in [3.05, 3.63) is 53.7 Å². The van der Waals surface area contributed by atoms with Gasteiger partial charge in [-0.3, -0.25) is 0 Å². The van der Waals surface area contributed by atoms with Gasteiger partial charge in [-0.2, -0.15) is 4.40 Å². The van der Waals surface area contributed by atoms with Crippen molar-refractivity contribution in [2.45, 2.75) is 4.90 Å². The minimum absolute atomic E-state index is 0.745. The van der Waals surface area contributed by atoms with Crippen LogP contribution in [0.1, 0.15) is 0 Å². The predicted molar refractivity (Wildman–Crippen MR) is 81.1 cm³/mol. The first-order valence-corrected chi connectivity index (χ1v) is 6.94. The zero-order valence-corrected chi connectivity index (χ0v) is 12.2. The van der Waals surface area contributed by atoms with Crippen LogP contribution in [0.4, 0.5) is 0 Å². The van der Waals surface area contributed by atoms with Crippen molar-refractivity contribution < 1.29 is 4.40 Å². The third-order valence-electron chi connectivity index (χ3n) is 2.68. The first kappa shape index (κ1) is 13.5. The van der Waals surface area contributed by atoms with Crippen molar-refractivity contribution in [3.8, 4) is 0 Å². The van der Waals surface area contributed by atoms with Gasteiger partial charge in [-0.25, -0.2) is 0 Å². The van der Waals surface area contributed by atoms with Crippen LogP contribution in [0.25, 0.3) is 16.4 Å². The number of fused-ring (bicyclic) bond motifs is 3. The average molecular weight is 297 g/mol. The number of nitrogens with zero attached hydrogens (tertiary/aromatic N) is 1. The van der Waals surface area contributed by atoms with Crippen LogP contribution in [-0.4, -0.2) is 6.38 Å². The van der Waals surface area contributed by atoms with Crippen LogP contribution in [-0.2, 0) is 0 Å². The van der Waals surface area contributed by atoms with Crippen molar-refractivity contribution in [2.75, 3.05) is 6.38 Å². The molecule has 0 amide bonds. The molecule has 18 heavy (non-hydrogen) atoms. The number of halogens is 2. The Morgan fingerprint density at radius 1 is 1.06 bits per heavy atom. The zero-order valence-electron chi connectivity index (χ0n) is 9.77. The first-order chi connectivity index (χ1) is 8.77. The molecule has 3 rings (SSSR count). The van der Waals surface area contributed by atoms with E-state index in [4.69, 9.17) is 11.6 Å². The zero-order chi connectivity index (χ0) is 13.1. The third-order valence-corrected chi connectivity index (χ3v) is 3.35. The number of thiol groups is 1. The molecule has 0 aliphatic carbocycles. The molecular formula is C14H12Cl2NS+. The summed E-state index contributed by atoms with van der Waals surface area (Å²) in [7, 11) is 0. The Labute approximate surface area is 121 Å². The molecule has 3 aromatic rings. The number of aromatic nitrogens is 1. The number of hydrogen-bond donors (Lipinski definition) is 1. The Bertz CT molecular complexity index is 698. The number of alkyl halides is 1. The molecule has 0 spiro atoms. The molecule has 92 valence electrons. The molecule has 0 bridgehead atoms. The van der Waals surface area contributed by atoms with Crippen molar-refractivity contribution in [2.24, 2.45) is 0 Å². The van der Waals surface area contributed by atoms with E-state index < -0.39 is 0 Å². The second kappa shape index (κ2) is 5.79. The Balaban J connectivity index is 0.000000574. The molecule has 0 unspecified atom stereocenters. The number of pyridine rings is 2. The molecule has 1 nitrogen and oxygen atoms in total. The van der Waals surface area contributed by atoms with Crippen LogP contribution < -0.4 is 4.40 Å². The van der Waals surface area contributed by atoms with Crippen molar-refractivity contribution in [3.63, 3.8) is 0 Å². The molecule has 2 aromatic heterocycles. The van der Waals surface area contributed by atoms with Gasteiger partial charge in [0.05, 0.1) is 5.39 Å². The largest absolute Gasteiger partial charge is 0.238 e. The lowest BCUT2D eigenvalue weighted by Crippen LogP contribution is -2.22. The Kier molecular flexibility index (Phi) is 4.33. The standard InChI is InChI=1S/C13H8ClNS.CH3Cl/c14-11-6-3-5-10-12(16)8-9-4-1-2-7-15(9)13(10)11;1-2/h1-8H;1H3/p+1. The third kappa shape index (κ3) is 2.28. The summed E-state index contributed by atoms with van der Waals surface area (Å²) in [5.74, 6) is 0. The van der Waals surface area contributed by atoms with Gasteiger partial charge < -0.3 is 0 Å². The van der Waals surface area contributed by atoms with Crippen molar-refractivity contribution in [1.82, 2.24) is 0 Å². The van der Waals surface area contributed by atoms with E-state index in [1.165, 1.54) is 6.38 Å². The van der Waals surface area contributed by atoms with E-state index in [1.54, 1.807) is 0 Å². The number of benzene rings is 1. The molecular weight excluding hydrogens is 285 g/mol. The highest BCUT2D eigenvalue weighted by Crippen LogP contribution is 2.26. The van der Waals surface area contributed by atoms with E-state index >= 15 is 0 Å². The summed E-state index contributed by atoms with van der Waals surface area (Å²) < 4.78 is 2.08. The van der Waals surface area contributed by atoms with E-state index in [9.17, 15) is 0 Å². The van der Waals surface area contributed by atoms with Crippen LogP contribution in [0, 0.1) is 0 Å². The summed E-state index contributed by atoms with van der Waals surface area (Å²) in [5.41, 5.74) is 2.10. The number of hydrogen-bond acceptors (Lipinski definition) is 1. The summed E-state index contributed by atoms with van der Waals surface area (Å²) in [4.78, 5) is 0.948. The molecule has 0 N–H and O–H groups in total. The average Bonchev–Trinajstić information content (AvgIpc) is 2.41. The number of rotatable bonds is 0. The van der Waals surface area contributed by atoms with Gasteiger partial charge in [-0.15, -0.1) is 24.2 Å². The first-order valence-electron chi connectivity index (χ1n) is 5.36. The Morgan fingerprint density at radius 3 is 2.61 bits per heavy atom. The van der Waals surface area contributed by atoms with Crippen molar-refractivity contribution >= 4 is 52.3 Å². The molecule has 2 heterocycles. The highest BCUT2D eigenvalue weighted by atomic mass is 35.5. The molecule has 4 heteroatoms. The quantitative estimate of drug-likeness (QED) is 0.272. The second-order valence-electron chi connectivity index (χ2n) is 3.66. The molecule has 0 saturated carbocycles. The van der Waals surface area contributed by atoms with Gasteiger partial charge in [-0.05, 0) is 18.2 Å². The van der Waals surface area contributed by atoms with Gasteiger partial charge in [0.2, 0.25) is 11.0 Å². The van der Waals surface area contributed by atoms with Gasteiger partial charge in [0.15, 0.2) is 6.20 Å². The smallest absolute Gasteiger partial charge is 0.159 e. The Hall–Kier alpha value is -0.960. The maximum absolute atomic E-state index is 6.25. The monoisotopic (exact) mass is 296 g/mol. The fourth-order valence-electron chi connectivity index (χ4n) is 1.96.